The minimum absolute atomic E-state index is 0.163. The molecule has 0 fully saturated rings. The summed E-state index contributed by atoms with van der Waals surface area (Å²) < 4.78 is 5.32. The van der Waals surface area contributed by atoms with E-state index in [9.17, 15) is 10.0 Å². The van der Waals surface area contributed by atoms with E-state index in [1.54, 1.807) is 11.0 Å². The second-order valence-electron chi connectivity index (χ2n) is 5.06. The first-order valence-corrected chi connectivity index (χ1v) is 6.88. The van der Waals surface area contributed by atoms with Gasteiger partial charge in [0.25, 0.3) is 5.91 Å². The molecule has 0 aliphatic carbocycles. The van der Waals surface area contributed by atoms with Crippen molar-refractivity contribution >= 4 is 17.3 Å². The number of aryl methyl sites for hydroxylation is 1. The Balaban J connectivity index is 2.07. The Morgan fingerprint density at radius 1 is 1.33 bits per heavy atom. The van der Waals surface area contributed by atoms with Crippen molar-refractivity contribution in [3.8, 4) is 0 Å². The Kier molecular flexibility index (Phi) is 3.48. The molecule has 2 heterocycles. The number of amides is 1. The number of rotatable bonds is 1. The molecule has 3 rings (SSSR count). The van der Waals surface area contributed by atoms with Gasteiger partial charge in [0.2, 0.25) is 0 Å². The van der Waals surface area contributed by atoms with E-state index in [0.717, 1.165) is 23.2 Å². The van der Waals surface area contributed by atoms with Gasteiger partial charge in [-0.2, -0.15) is 0 Å². The van der Waals surface area contributed by atoms with Crippen molar-refractivity contribution in [1.29, 1.82) is 0 Å². The fourth-order valence-electron chi connectivity index (χ4n) is 2.64. The Morgan fingerprint density at radius 2 is 2.14 bits per heavy atom. The molecule has 0 unspecified atom stereocenters. The monoisotopic (exact) mass is 284 g/mol. The maximum Gasteiger partial charge on any atom is 0.294 e. The van der Waals surface area contributed by atoms with Gasteiger partial charge >= 0.3 is 0 Å². The van der Waals surface area contributed by atoms with Gasteiger partial charge in [-0.15, -0.1) is 0 Å². The molecular formula is C16H16N2O3. The van der Waals surface area contributed by atoms with Crippen LogP contribution in [0.1, 0.15) is 34.5 Å². The van der Waals surface area contributed by atoms with Crippen molar-refractivity contribution in [1.82, 2.24) is 0 Å². The van der Waals surface area contributed by atoms with E-state index >= 15 is 0 Å². The molecule has 1 aromatic heterocycles. The van der Waals surface area contributed by atoms with E-state index in [1.807, 2.05) is 31.2 Å². The number of nitrogens with zero attached hydrogens (tertiary/aromatic N) is 2. The van der Waals surface area contributed by atoms with Crippen LogP contribution in [0, 0.1) is 6.92 Å². The van der Waals surface area contributed by atoms with Gasteiger partial charge < -0.3 is 14.5 Å². The zero-order valence-corrected chi connectivity index (χ0v) is 11.7. The molecule has 2 aromatic rings. The van der Waals surface area contributed by atoms with Crippen molar-refractivity contribution in [2.45, 2.75) is 19.8 Å². The zero-order chi connectivity index (χ0) is 14.8. The molecule has 1 N–H and O–H groups in total. The molecule has 0 saturated carbocycles. The molecule has 1 aliphatic heterocycles. The number of fused-ring (bicyclic) bond motifs is 1. The van der Waals surface area contributed by atoms with Crippen molar-refractivity contribution in [2.75, 3.05) is 11.4 Å². The van der Waals surface area contributed by atoms with Crippen LogP contribution in [0.3, 0.4) is 0 Å². The number of anilines is 1. The van der Waals surface area contributed by atoms with Crippen molar-refractivity contribution in [2.24, 2.45) is 5.16 Å². The van der Waals surface area contributed by atoms with Crippen LogP contribution in [0.2, 0.25) is 0 Å². The van der Waals surface area contributed by atoms with Crippen LogP contribution in [0.5, 0.6) is 0 Å². The minimum atomic E-state index is -0.163. The molecule has 1 aromatic carbocycles. The quantitative estimate of drug-likeness (QED) is 0.646. The van der Waals surface area contributed by atoms with Crippen LogP contribution in [0.25, 0.3) is 0 Å². The summed E-state index contributed by atoms with van der Waals surface area (Å²) in [6.45, 7) is 2.41. The standard InChI is InChI=1S/C16H16N2O3/c1-11-8-10-21-15(11)16(19)18-9-4-6-13(17-20)12-5-2-3-7-14(12)18/h2-3,5,7-8,10,20H,4,6,9H2,1H3/b17-13-. The van der Waals surface area contributed by atoms with Gasteiger partial charge in [-0.05, 0) is 31.9 Å². The number of benzene rings is 1. The number of oxime groups is 1. The molecule has 108 valence electrons. The maximum absolute atomic E-state index is 12.7. The lowest BCUT2D eigenvalue weighted by molar-refractivity contribution is 0.0959. The average Bonchev–Trinajstić information content (AvgIpc) is 2.84. The first-order chi connectivity index (χ1) is 10.2. The van der Waals surface area contributed by atoms with Gasteiger partial charge in [-0.25, -0.2) is 0 Å². The number of hydrogen-bond donors (Lipinski definition) is 1. The molecule has 0 radical (unpaired) electrons. The summed E-state index contributed by atoms with van der Waals surface area (Å²) >= 11 is 0. The molecular weight excluding hydrogens is 268 g/mol. The average molecular weight is 284 g/mol. The summed E-state index contributed by atoms with van der Waals surface area (Å²) in [7, 11) is 0. The summed E-state index contributed by atoms with van der Waals surface area (Å²) in [6, 6.07) is 9.25. The SMILES string of the molecule is Cc1ccoc1C(=O)N1CCC/C(=N/O)c2ccccc21. The molecule has 0 atom stereocenters. The lowest BCUT2D eigenvalue weighted by atomic mass is 10.1. The topological polar surface area (TPSA) is 66.0 Å². The highest BCUT2D eigenvalue weighted by atomic mass is 16.4. The van der Waals surface area contributed by atoms with Gasteiger partial charge in [-0.1, -0.05) is 23.4 Å². The third-order valence-corrected chi connectivity index (χ3v) is 3.72. The number of carbonyl (C=O) groups is 1. The molecule has 21 heavy (non-hydrogen) atoms. The Labute approximate surface area is 122 Å². The molecule has 1 amide bonds. The maximum atomic E-state index is 12.7. The van der Waals surface area contributed by atoms with E-state index in [0.29, 0.717) is 24.4 Å². The summed E-state index contributed by atoms with van der Waals surface area (Å²) in [6.07, 6.45) is 2.89. The Hall–Kier alpha value is -2.56. The fourth-order valence-corrected chi connectivity index (χ4v) is 2.64. The van der Waals surface area contributed by atoms with Gasteiger partial charge in [0.15, 0.2) is 5.76 Å². The fraction of sp³-hybridized carbons (Fsp3) is 0.250. The normalized spacial score (nSPS) is 16.6. The number of furan rings is 1. The van der Waals surface area contributed by atoms with E-state index in [2.05, 4.69) is 5.16 Å². The minimum Gasteiger partial charge on any atom is -0.459 e. The second kappa shape index (κ2) is 5.44. The summed E-state index contributed by atoms with van der Waals surface area (Å²) in [5, 5.41) is 12.6. The van der Waals surface area contributed by atoms with Gasteiger partial charge in [0.05, 0.1) is 17.7 Å². The van der Waals surface area contributed by atoms with Crippen molar-refractivity contribution in [3.63, 3.8) is 0 Å². The van der Waals surface area contributed by atoms with Crippen molar-refractivity contribution < 1.29 is 14.4 Å². The molecule has 5 nitrogen and oxygen atoms in total. The summed E-state index contributed by atoms with van der Waals surface area (Å²) in [4.78, 5) is 14.4. The molecule has 0 bridgehead atoms. The van der Waals surface area contributed by atoms with Gasteiger partial charge in [-0.3, -0.25) is 4.79 Å². The predicted molar refractivity (Wildman–Crippen MR) is 79.1 cm³/mol. The van der Waals surface area contributed by atoms with Crippen molar-refractivity contribution in [3.05, 3.63) is 53.5 Å². The third kappa shape index (κ3) is 2.31. The van der Waals surface area contributed by atoms with E-state index in [-0.39, 0.29) is 5.91 Å². The van der Waals surface area contributed by atoms with Crippen LogP contribution in [-0.4, -0.2) is 23.4 Å². The lowest BCUT2D eigenvalue weighted by Gasteiger charge is -2.21. The summed E-state index contributed by atoms with van der Waals surface area (Å²) in [5.41, 5.74) is 2.97. The Bertz CT molecular complexity index is 703. The van der Waals surface area contributed by atoms with E-state index < -0.39 is 0 Å². The van der Waals surface area contributed by atoms with E-state index in [4.69, 9.17) is 4.42 Å². The van der Waals surface area contributed by atoms with Crippen LogP contribution < -0.4 is 4.90 Å². The van der Waals surface area contributed by atoms with Crippen LogP contribution in [0.15, 0.2) is 46.2 Å². The third-order valence-electron chi connectivity index (χ3n) is 3.72. The predicted octanol–water partition coefficient (Wildman–Crippen LogP) is 3.21. The van der Waals surface area contributed by atoms with Gasteiger partial charge in [0.1, 0.15) is 0 Å². The highest BCUT2D eigenvalue weighted by Crippen LogP contribution is 2.28. The first kappa shape index (κ1) is 13.4. The zero-order valence-electron chi connectivity index (χ0n) is 11.7. The molecule has 5 heteroatoms. The molecule has 0 saturated heterocycles. The summed E-state index contributed by atoms with van der Waals surface area (Å²) in [5.74, 6) is 0.193. The van der Waals surface area contributed by atoms with Crippen LogP contribution >= 0.6 is 0 Å². The van der Waals surface area contributed by atoms with Crippen LogP contribution in [0.4, 0.5) is 5.69 Å². The number of hydrogen-bond acceptors (Lipinski definition) is 4. The Morgan fingerprint density at radius 3 is 2.86 bits per heavy atom. The van der Waals surface area contributed by atoms with Gasteiger partial charge in [0, 0.05) is 17.7 Å². The number of carbonyl (C=O) groups excluding carboxylic acids is 1. The second-order valence-corrected chi connectivity index (χ2v) is 5.06. The van der Waals surface area contributed by atoms with E-state index in [1.165, 1.54) is 6.26 Å². The lowest BCUT2D eigenvalue weighted by Crippen LogP contribution is -2.31. The largest absolute Gasteiger partial charge is 0.459 e. The highest BCUT2D eigenvalue weighted by Gasteiger charge is 2.27. The molecule has 0 spiro atoms. The molecule has 1 aliphatic rings. The first-order valence-electron chi connectivity index (χ1n) is 6.88. The van der Waals surface area contributed by atoms with Crippen LogP contribution in [-0.2, 0) is 0 Å². The highest BCUT2D eigenvalue weighted by molar-refractivity contribution is 6.12. The number of para-hydroxylation sites is 1. The smallest absolute Gasteiger partial charge is 0.294 e.